The molecule has 3 aromatic carbocycles. The first-order valence-electron chi connectivity index (χ1n) is 10.3. The summed E-state index contributed by atoms with van der Waals surface area (Å²) in [7, 11) is -3.52. The van der Waals surface area contributed by atoms with E-state index in [4.69, 9.17) is 0 Å². The highest BCUT2D eigenvalue weighted by Gasteiger charge is 2.25. The van der Waals surface area contributed by atoms with Crippen LogP contribution in [0.2, 0.25) is 0 Å². The molecule has 0 radical (unpaired) electrons. The highest BCUT2D eigenvalue weighted by Crippen LogP contribution is 2.29. The lowest BCUT2D eigenvalue weighted by Gasteiger charge is -2.17. The first-order valence-corrected chi connectivity index (χ1v) is 11.9. The molecule has 164 valence electrons. The SMILES string of the molecule is CCS(=O)(=O)Nc1ccccc1C(=O)Nc1ccc(C(=O)N2CCc3ccccc32)cc1. The summed E-state index contributed by atoms with van der Waals surface area (Å²) in [4.78, 5) is 27.5. The molecular formula is C24H23N3O4S. The van der Waals surface area contributed by atoms with Gasteiger partial charge in [0.25, 0.3) is 11.8 Å². The van der Waals surface area contributed by atoms with Gasteiger partial charge < -0.3 is 10.2 Å². The summed E-state index contributed by atoms with van der Waals surface area (Å²) in [5.74, 6) is -0.640. The van der Waals surface area contributed by atoms with Gasteiger partial charge in [-0.15, -0.1) is 0 Å². The lowest BCUT2D eigenvalue weighted by molar-refractivity contribution is 0.0988. The Bertz CT molecular complexity index is 1270. The third-order valence-electron chi connectivity index (χ3n) is 5.34. The minimum Gasteiger partial charge on any atom is -0.322 e. The van der Waals surface area contributed by atoms with Crippen molar-refractivity contribution in [3.8, 4) is 0 Å². The number of anilines is 3. The first kappa shape index (κ1) is 21.6. The fourth-order valence-corrected chi connectivity index (χ4v) is 4.27. The van der Waals surface area contributed by atoms with E-state index in [1.54, 1.807) is 47.4 Å². The van der Waals surface area contributed by atoms with Crippen molar-refractivity contribution >= 4 is 38.9 Å². The molecule has 0 spiro atoms. The number of fused-ring (bicyclic) bond motifs is 1. The molecule has 32 heavy (non-hydrogen) atoms. The fourth-order valence-electron chi connectivity index (χ4n) is 3.61. The van der Waals surface area contributed by atoms with E-state index in [1.165, 1.54) is 13.0 Å². The number of rotatable bonds is 6. The van der Waals surface area contributed by atoms with Gasteiger partial charge in [0.05, 0.1) is 17.0 Å². The van der Waals surface area contributed by atoms with Crippen molar-refractivity contribution in [1.29, 1.82) is 0 Å². The van der Waals surface area contributed by atoms with E-state index in [2.05, 4.69) is 10.0 Å². The second-order valence-corrected chi connectivity index (χ2v) is 9.43. The number of amides is 2. The predicted octanol–water partition coefficient (Wildman–Crippen LogP) is 3.90. The van der Waals surface area contributed by atoms with E-state index in [0.29, 0.717) is 17.8 Å². The van der Waals surface area contributed by atoms with Crippen LogP contribution < -0.4 is 14.9 Å². The number of nitrogens with zero attached hydrogens (tertiary/aromatic N) is 1. The molecule has 3 aromatic rings. The quantitative estimate of drug-likeness (QED) is 0.597. The molecule has 0 aromatic heterocycles. The smallest absolute Gasteiger partial charge is 0.258 e. The molecule has 2 N–H and O–H groups in total. The van der Waals surface area contributed by atoms with Crippen LogP contribution in [0, 0.1) is 0 Å². The maximum Gasteiger partial charge on any atom is 0.258 e. The van der Waals surface area contributed by atoms with Crippen LogP contribution in [0.5, 0.6) is 0 Å². The molecule has 2 amide bonds. The van der Waals surface area contributed by atoms with Crippen LogP contribution in [-0.2, 0) is 16.4 Å². The minimum absolute atomic E-state index is 0.0906. The van der Waals surface area contributed by atoms with Gasteiger partial charge in [0, 0.05) is 23.5 Å². The van der Waals surface area contributed by atoms with Crippen LogP contribution >= 0.6 is 0 Å². The summed E-state index contributed by atoms with van der Waals surface area (Å²) >= 11 is 0. The minimum atomic E-state index is -3.52. The molecule has 0 unspecified atom stereocenters. The van der Waals surface area contributed by atoms with Gasteiger partial charge in [-0.25, -0.2) is 8.42 Å². The lowest BCUT2D eigenvalue weighted by atomic mass is 10.1. The zero-order valence-electron chi connectivity index (χ0n) is 17.5. The number of nitrogens with one attached hydrogen (secondary N) is 2. The van der Waals surface area contributed by atoms with Gasteiger partial charge in [-0.2, -0.15) is 0 Å². The molecule has 4 rings (SSSR count). The summed E-state index contributed by atoms with van der Waals surface area (Å²) in [6.45, 7) is 2.16. The van der Waals surface area contributed by atoms with Gasteiger partial charge in [0.15, 0.2) is 0 Å². The summed E-state index contributed by atoms with van der Waals surface area (Å²) in [6, 6.07) is 20.9. The summed E-state index contributed by atoms with van der Waals surface area (Å²) < 4.78 is 26.2. The third kappa shape index (κ3) is 4.50. The average Bonchev–Trinajstić information content (AvgIpc) is 3.23. The number of benzene rings is 3. The Kier molecular flexibility index (Phi) is 5.96. The summed E-state index contributed by atoms with van der Waals surface area (Å²) in [5.41, 5.74) is 3.53. The van der Waals surface area contributed by atoms with E-state index in [-0.39, 0.29) is 22.9 Å². The van der Waals surface area contributed by atoms with Gasteiger partial charge in [0.1, 0.15) is 0 Å². The van der Waals surface area contributed by atoms with Crippen molar-refractivity contribution in [2.75, 3.05) is 27.2 Å². The van der Waals surface area contributed by atoms with Gasteiger partial charge in [-0.3, -0.25) is 14.3 Å². The molecule has 0 saturated heterocycles. The Morgan fingerprint density at radius 2 is 1.62 bits per heavy atom. The highest BCUT2D eigenvalue weighted by molar-refractivity contribution is 7.92. The van der Waals surface area contributed by atoms with E-state index in [9.17, 15) is 18.0 Å². The van der Waals surface area contributed by atoms with Gasteiger partial charge in [-0.05, 0) is 61.4 Å². The van der Waals surface area contributed by atoms with E-state index in [0.717, 1.165) is 17.7 Å². The molecule has 7 nitrogen and oxygen atoms in total. The number of para-hydroxylation sites is 2. The molecule has 0 bridgehead atoms. The molecule has 0 saturated carbocycles. The van der Waals surface area contributed by atoms with Crippen molar-refractivity contribution in [1.82, 2.24) is 0 Å². The van der Waals surface area contributed by atoms with Crippen molar-refractivity contribution in [2.45, 2.75) is 13.3 Å². The number of carbonyl (C=O) groups excluding carboxylic acids is 2. The van der Waals surface area contributed by atoms with Crippen LogP contribution in [0.3, 0.4) is 0 Å². The molecule has 0 atom stereocenters. The largest absolute Gasteiger partial charge is 0.322 e. The van der Waals surface area contributed by atoms with Crippen LogP contribution in [0.1, 0.15) is 33.2 Å². The predicted molar refractivity (Wildman–Crippen MR) is 126 cm³/mol. The van der Waals surface area contributed by atoms with Crippen LogP contribution in [-0.4, -0.2) is 32.5 Å². The van der Waals surface area contributed by atoms with Crippen molar-refractivity contribution in [2.24, 2.45) is 0 Å². The molecule has 1 heterocycles. The van der Waals surface area contributed by atoms with Gasteiger partial charge in [0.2, 0.25) is 10.0 Å². The number of sulfonamides is 1. The molecule has 1 aliphatic heterocycles. The Morgan fingerprint density at radius 3 is 2.38 bits per heavy atom. The molecule has 1 aliphatic rings. The van der Waals surface area contributed by atoms with Gasteiger partial charge in [-0.1, -0.05) is 30.3 Å². The van der Waals surface area contributed by atoms with Crippen LogP contribution in [0.4, 0.5) is 17.1 Å². The maximum absolute atomic E-state index is 12.9. The summed E-state index contributed by atoms with van der Waals surface area (Å²) in [6.07, 6.45) is 0.831. The number of hydrogen-bond acceptors (Lipinski definition) is 4. The molecular weight excluding hydrogens is 426 g/mol. The average molecular weight is 450 g/mol. The second kappa shape index (κ2) is 8.84. The summed E-state index contributed by atoms with van der Waals surface area (Å²) in [5, 5.41) is 2.76. The van der Waals surface area contributed by atoms with Crippen molar-refractivity contribution in [3.63, 3.8) is 0 Å². The topological polar surface area (TPSA) is 95.6 Å². The van der Waals surface area contributed by atoms with E-state index >= 15 is 0 Å². The Balaban J connectivity index is 1.48. The van der Waals surface area contributed by atoms with Crippen LogP contribution in [0.15, 0.2) is 72.8 Å². The zero-order valence-corrected chi connectivity index (χ0v) is 18.4. The zero-order chi connectivity index (χ0) is 22.7. The Labute approximate surface area is 187 Å². The fraction of sp³-hybridized carbons (Fsp3) is 0.167. The number of hydrogen-bond donors (Lipinski definition) is 2. The van der Waals surface area contributed by atoms with Gasteiger partial charge >= 0.3 is 0 Å². The second-order valence-electron chi connectivity index (χ2n) is 7.42. The molecule has 0 aliphatic carbocycles. The lowest BCUT2D eigenvalue weighted by Crippen LogP contribution is -2.28. The van der Waals surface area contributed by atoms with E-state index < -0.39 is 15.9 Å². The van der Waals surface area contributed by atoms with Crippen LogP contribution in [0.25, 0.3) is 0 Å². The monoisotopic (exact) mass is 449 g/mol. The molecule has 8 heteroatoms. The van der Waals surface area contributed by atoms with E-state index in [1.807, 2.05) is 24.3 Å². The maximum atomic E-state index is 12.9. The Morgan fingerprint density at radius 1 is 0.938 bits per heavy atom. The number of carbonyl (C=O) groups is 2. The Hall–Kier alpha value is -3.65. The third-order valence-corrected chi connectivity index (χ3v) is 6.63. The normalized spacial score (nSPS) is 12.8. The molecule has 0 fully saturated rings. The highest BCUT2D eigenvalue weighted by atomic mass is 32.2. The van der Waals surface area contributed by atoms with Crippen molar-refractivity contribution in [3.05, 3.63) is 89.5 Å². The standard InChI is InChI=1S/C24H23N3O4S/c1-2-32(30,31)26-21-9-5-4-8-20(21)23(28)25-19-13-11-18(12-14-19)24(29)27-16-15-17-7-3-6-10-22(17)27/h3-14,26H,2,15-16H2,1H3,(H,25,28). The first-order chi connectivity index (χ1) is 15.4. The van der Waals surface area contributed by atoms with Crippen molar-refractivity contribution < 1.29 is 18.0 Å².